The molecular weight excluding hydrogens is 411 g/mol. The van der Waals surface area contributed by atoms with Crippen LogP contribution in [-0.4, -0.2) is 29.5 Å². The van der Waals surface area contributed by atoms with E-state index in [1.165, 1.54) is 29.8 Å². The van der Waals surface area contributed by atoms with Gasteiger partial charge in [-0.15, -0.1) is 11.3 Å². The molecule has 0 fully saturated rings. The number of benzene rings is 2. The number of carbonyl (C=O) groups is 1. The molecule has 0 bridgehead atoms. The Balaban J connectivity index is 1.62. The van der Waals surface area contributed by atoms with Gasteiger partial charge in [0.15, 0.2) is 0 Å². The third-order valence-corrected chi connectivity index (χ3v) is 5.49. The molecule has 0 unspecified atom stereocenters. The van der Waals surface area contributed by atoms with Crippen molar-refractivity contribution in [2.45, 2.75) is 0 Å². The minimum atomic E-state index is -0.403. The molecule has 0 atom stereocenters. The summed E-state index contributed by atoms with van der Waals surface area (Å²) < 4.78 is 13.3. The fourth-order valence-corrected chi connectivity index (χ4v) is 4.08. The van der Waals surface area contributed by atoms with Gasteiger partial charge in [-0.3, -0.25) is 4.79 Å². The fourth-order valence-electron chi connectivity index (χ4n) is 3.05. The first-order chi connectivity index (χ1) is 14.0. The van der Waals surface area contributed by atoms with Crippen LogP contribution >= 0.6 is 22.9 Å². The highest BCUT2D eigenvalue weighted by Gasteiger charge is 2.17. The second kappa shape index (κ2) is 8.14. The first-order valence-corrected chi connectivity index (χ1v) is 10.0. The smallest absolute Gasteiger partial charge is 0.243 e. The largest absolute Gasteiger partial charge is 0.350 e. The van der Waals surface area contributed by atoms with Crippen LogP contribution in [0.1, 0.15) is 0 Å². The van der Waals surface area contributed by atoms with E-state index in [1.54, 1.807) is 24.1 Å². The quantitative estimate of drug-likeness (QED) is 0.475. The highest BCUT2D eigenvalue weighted by atomic mass is 35.5. The summed E-state index contributed by atoms with van der Waals surface area (Å²) in [6, 6.07) is 13.3. The Morgan fingerprint density at radius 1 is 1.21 bits per heavy atom. The topological polar surface area (TPSA) is 58.1 Å². The van der Waals surface area contributed by atoms with Crippen LogP contribution in [0.4, 0.5) is 15.9 Å². The number of carbonyl (C=O) groups excluding carboxylic acids is 1. The summed E-state index contributed by atoms with van der Waals surface area (Å²) in [4.78, 5) is 23.8. The molecule has 0 spiro atoms. The second-order valence-electron chi connectivity index (χ2n) is 6.45. The zero-order chi connectivity index (χ0) is 20.4. The van der Waals surface area contributed by atoms with E-state index in [4.69, 9.17) is 11.6 Å². The fraction of sp³-hybridized carbons (Fsp3) is 0.0952. The van der Waals surface area contributed by atoms with Gasteiger partial charge in [-0.05, 0) is 35.9 Å². The molecule has 0 aliphatic heterocycles. The first-order valence-electron chi connectivity index (χ1n) is 8.76. The number of thiophene rings is 1. The summed E-state index contributed by atoms with van der Waals surface area (Å²) in [5.41, 5.74) is 2.39. The zero-order valence-corrected chi connectivity index (χ0v) is 17.0. The van der Waals surface area contributed by atoms with Crippen molar-refractivity contribution in [1.82, 2.24) is 9.97 Å². The van der Waals surface area contributed by atoms with E-state index in [-0.39, 0.29) is 12.5 Å². The van der Waals surface area contributed by atoms with Gasteiger partial charge in [0, 0.05) is 28.7 Å². The van der Waals surface area contributed by atoms with Gasteiger partial charge in [-0.2, -0.15) is 0 Å². The van der Waals surface area contributed by atoms with Crippen LogP contribution in [0.2, 0.25) is 5.02 Å². The van der Waals surface area contributed by atoms with Crippen molar-refractivity contribution in [2.75, 3.05) is 23.8 Å². The van der Waals surface area contributed by atoms with Crippen molar-refractivity contribution in [2.24, 2.45) is 0 Å². The van der Waals surface area contributed by atoms with Crippen LogP contribution in [0, 0.1) is 5.82 Å². The molecule has 4 aromatic rings. The number of halogens is 2. The van der Waals surface area contributed by atoms with E-state index in [0.29, 0.717) is 16.5 Å². The predicted octanol–water partition coefficient (Wildman–Crippen LogP) is 5.23. The lowest BCUT2D eigenvalue weighted by atomic mass is 10.1. The molecule has 2 aromatic heterocycles. The lowest BCUT2D eigenvalue weighted by Crippen LogP contribution is -2.30. The van der Waals surface area contributed by atoms with Gasteiger partial charge in [-0.1, -0.05) is 29.8 Å². The second-order valence-corrected chi connectivity index (χ2v) is 7.74. The molecule has 5 nitrogen and oxygen atoms in total. The molecule has 29 heavy (non-hydrogen) atoms. The summed E-state index contributed by atoms with van der Waals surface area (Å²) in [6.45, 7) is 0.0541. The van der Waals surface area contributed by atoms with Crippen LogP contribution in [0.3, 0.4) is 0 Å². The van der Waals surface area contributed by atoms with Crippen molar-refractivity contribution in [1.29, 1.82) is 0 Å². The van der Waals surface area contributed by atoms with E-state index in [2.05, 4.69) is 15.3 Å². The number of nitrogens with zero attached hydrogens (tertiary/aromatic N) is 3. The number of anilines is 2. The van der Waals surface area contributed by atoms with Crippen molar-refractivity contribution in [3.8, 4) is 11.1 Å². The molecule has 1 N–H and O–H groups in total. The summed E-state index contributed by atoms with van der Waals surface area (Å²) >= 11 is 7.52. The molecule has 146 valence electrons. The van der Waals surface area contributed by atoms with E-state index in [9.17, 15) is 9.18 Å². The maximum atomic E-state index is 13.3. The van der Waals surface area contributed by atoms with Crippen LogP contribution in [0.25, 0.3) is 21.3 Å². The third kappa shape index (κ3) is 4.21. The zero-order valence-electron chi connectivity index (χ0n) is 15.4. The van der Waals surface area contributed by atoms with Gasteiger partial charge in [0.1, 0.15) is 22.8 Å². The molecular formula is C21H16ClFN4OS. The molecule has 8 heteroatoms. The van der Waals surface area contributed by atoms with E-state index in [0.717, 1.165) is 21.3 Å². The number of fused-ring (bicyclic) bond motifs is 1. The SMILES string of the molecule is CN(CC(=O)Nc1cccc(F)c1)c1ncnc2scc(-c3ccc(Cl)cc3)c12. The molecule has 0 aliphatic rings. The monoisotopic (exact) mass is 426 g/mol. The van der Waals surface area contributed by atoms with Crippen molar-refractivity contribution in [3.63, 3.8) is 0 Å². The molecule has 0 saturated heterocycles. The average Bonchev–Trinajstić information content (AvgIpc) is 3.12. The average molecular weight is 427 g/mol. The Kier molecular flexibility index (Phi) is 5.42. The molecule has 0 saturated carbocycles. The number of amides is 1. The third-order valence-electron chi connectivity index (χ3n) is 4.36. The molecule has 4 rings (SSSR count). The number of hydrogen-bond acceptors (Lipinski definition) is 5. The summed E-state index contributed by atoms with van der Waals surface area (Å²) in [7, 11) is 1.79. The van der Waals surface area contributed by atoms with Crippen molar-refractivity contribution >= 4 is 50.6 Å². The van der Waals surface area contributed by atoms with Gasteiger partial charge >= 0.3 is 0 Å². The maximum Gasteiger partial charge on any atom is 0.243 e. The Morgan fingerprint density at radius 2 is 2.00 bits per heavy atom. The van der Waals surface area contributed by atoms with Gasteiger partial charge < -0.3 is 10.2 Å². The number of rotatable bonds is 5. The van der Waals surface area contributed by atoms with Gasteiger partial charge in [-0.25, -0.2) is 14.4 Å². The number of aromatic nitrogens is 2. The standard InChI is InChI=1S/C21H16ClFN4OS/c1-27(10-18(28)26-16-4-2-3-15(23)9-16)20-19-17(11-29-21(19)25-12-24-20)13-5-7-14(22)8-6-13/h2-9,11-12H,10H2,1H3,(H,26,28). The van der Waals surface area contributed by atoms with Crippen LogP contribution < -0.4 is 10.2 Å². The Bertz CT molecular complexity index is 1180. The summed E-state index contributed by atoms with van der Waals surface area (Å²) in [6.07, 6.45) is 1.49. The van der Waals surface area contributed by atoms with E-state index < -0.39 is 5.82 Å². The van der Waals surface area contributed by atoms with Crippen LogP contribution in [-0.2, 0) is 4.79 Å². The van der Waals surface area contributed by atoms with E-state index in [1.807, 2.05) is 29.6 Å². The van der Waals surface area contributed by atoms with E-state index >= 15 is 0 Å². The van der Waals surface area contributed by atoms with Crippen LogP contribution in [0.15, 0.2) is 60.2 Å². The highest BCUT2D eigenvalue weighted by molar-refractivity contribution is 7.17. The van der Waals surface area contributed by atoms with Crippen molar-refractivity contribution in [3.05, 3.63) is 71.1 Å². The van der Waals surface area contributed by atoms with Gasteiger partial charge in [0.2, 0.25) is 5.91 Å². The van der Waals surface area contributed by atoms with Gasteiger partial charge in [0.05, 0.1) is 11.9 Å². The Labute approximate surface area is 175 Å². The summed E-state index contributed by atoms with van der Waals surface area (Å²) in [5, 5.41) is 6.26. The number of nitrogens with one attached hydrogen (secondary N) is 1. The molecule has 1 amide bonds. The van der Waals surface area contributed by atoms with Gasteiger partial charge in [0.25, 0.3) is 0 Å². The molecule has 2 aromatic carbocycles. The lowest BCUT2D eigenvalue weighted by molar-refractivity contribution is -0.114. The predicted molar refractivity (Wildman–Crippen MR) is 116 cm³/mol. The normalized spacial score (nSPS) is 10.9. The minimum Gasteiger partial charge on any atom is -0.350 e. The first kappa shape index (κ1) is 19.3. The Hall–Kier alpha value is -3.03. The lowest BCUT2D eigenvalue weighted by Gasteiger charge is -2.19. The number of likely N-dealkylation sites (N-methyl/N-ethyl adjacent to an activating group) is 1. The molecule has 2 heterocycles. The molecule has 0 aliphatic carbocycles. The summed E-state index contributed by atoms with van der Waals surface area (Å²) in [5.74, 6) is -0.0248. The van der Waals surface area contributed by atoms with Crippen LogP contribution in [0.5, 0.6) is 0 Å². The van der Waals surface area contributed by atoms with Crippen molar-refractivity contribution < 1.29 is 9.18 Å². The number of hydrogen-bond donors (Lipinski definition) is 1. The minimum absolute atomic E-state index is 0.0541. The molecule has 0 radical (unpaired) electrons. The maximum absolute atomic E-state index is 13.3. The Morgan fingerprint density at radius 3 is 2.76 bits per heavy atom. The highest BCUT2D eigenvalue weighted by Crippen LogP contribution is 2.37.